The molecule has 3 heterocycles. The van der Waals surface area contributed by atoms with Crippen LogP contribution in [0.4, 0.5) is 5.69 Å². The molecule has 0 aliphatic carbocycles. The van der Waals surface area contributed by atoms with Crippen molar-refractivity contribution >= 4 is 34.1 Å². The molecule has 1 aromatic carbocycles. The molecule has 4 aromatic rings. The second-order valence-corrected chi connectivity index (χ2v) is 6.98. The first-order chi connectivity index (χ1) is 14.6. The summed E-state index contributed by atoms with van der Waals surface area (Å²) in [5.74, 6) is -0.505. The minimum absolute atomic E-state index is 0.0620. The van der Waals surface area contributed by atoms with E-state index in [9.17, 15) is 24.3 Å². The van der Waals surface area contributed by atoms with Crippen LogP contribution in [-0.4, -0.2) is 39.6 Å². The van der Waals surface area contributed by atoms with Crippen molar-refractivity contribution in [2.45, 2.75) is 0 Å². The molecule has 0 radical (unpaired) electrons. The summed E-state index contributed by atoms with van der Waals surface area (Å²) in [4.78, 5) is 61.6. The molecule has 0 unspecified atom stereocenters. The molecule has 1 N–H and O–H groups in total. The molecule has 0 spiro atoms. The molecule has 31 heavy (non-hydrogen) atoms. The Morgan fingerprint density at radius 2 is 1.48 bits per heavy atom. The van der Waals surface area contributed by atoms with Crippen LogP contribution < -0.4 is 22.5 Å². The summed E-state index contributed by atoms with van der Waals surface area (Å²) < 4.78 is 3.98. The smallest absolute Gasteiger partial charge is 0.333 e. The first kappa shape index (κ1) is 19.9. The van der Waals surface area contributed by atoms with Gasteiger partial charge in [-0.05, 0) is 18.2 Å². The number of aromatic hydroxyl groups is 1. The fourth-order valence-corrected chi connectivity index (χ4v) is 3.16. The summed E-state index contributed by atoms with van der Waals surface area (Å²) in [6.45, 7) is 0. The summed E-state index contributed by atoms with van der Waals surface area (Å²) in [5.41, 5.74) is -1.21. The van der Waals surface area contributed by atoms with E-state index in [2.05, 4.69) is 15.0 Å². The fourth-order valence-electron chi connectivity index (χ4n) is 3.16. The van der Waals surface area contributed by atoms with E-state index in [0.29, 0.717) is 16.7 Å². The van der Waals surface area contributed by atoms with Gasteiger partial charge < -0.3 is 5.11 Å². The van der Waals surface area contributed by atoms with E-state index in [1.165, 1.54) is 32.8 Å². The molecule has 0 amide bonds. The fraction of sp³-hybridized carbons (Fsp3) is 0.211. The van der Waals surface area contributed by atoms with Gasteiger partial charge in [0.05, 0.1) is 16.7 Å². The van der Waals surface area contributed by atoms with Gasteiger partial charge in [0, 0.05) is 34.4 Å². The van der Waals surface area contributed by atoms with E-state index < -0.39 is 28.4 Å². The Kier molecular flexibility index (Phi) is 4.42. The van der Waals surface area contributed by atoms with E-state index in [-0.39, 0.29) is 16.7 Å². The minimum Gasteiger partial charge on any atom is -0.494 e. The summed E-state index contributed by atoms with van der Waals surface area (Å²) in [7, 11) is 5.49. The number of aryl methyl sites for hydroxylation is 1. The lowest BCUT2D eigenvalue weighted by Gasteiger charge is -2.08. The molecule has 0 fully saturated rings. The summed E-state index contributed by atoms with van der Waals surface area (Å²) in [6.07, 6.45) is 1.15. The lowest BCUT2D eigenvalue weighted by molar-refractivity contribution is 0.410. The van der Waals surface area contributed by atoms with E-state index in [1.807, 2.05) is 0 Å². The van der Waals surface area contributed by atoms with Crippen molar-refractivity contribution in [1.82, 2.24) is 28.2 Å². The Labute approximate surface area is 172 Å². The lowest BCUT2D eigenvalue weighted by Crippen LogP contribution is -2.38. The third kappa shape index (κ3) is 2.96. The van der Waals surface area contributed by atoms with E-state index >= 15 is 0 Å². The van der Waals surface area contributed by atoms with Gasteiger partial charge in [0.1, 0.15) is 5.56 Å². The maximum Gasteiger partial charge on any atom is 0.333 e. The molecule has 12 nitrogen and oxygen atoms in total. The van der Waals surface area contributed by atoms with Gasteiger partial charge in [-0.15, -0.1) is 0 Å². The number of hydrogen-bond donors (Lipinski definition) is 1. The Bertz CT molecular complexity index is 1670. The highest BCUT2D eigenvalue weighted by atomic mass is 16.3. The third-order valence-corrected chi connectivity index (χ3v) is 5.04. The van der Waals surface area contributed by atoms with E-state index in [0.717, 1.165) is 19.9 Å². The van der Waals surface area contributed by atoms with Crippen molar-refractivity contribution in [3.8, 4) is 5.88 Å². The predicted octanol–water partition coefficient (Wildman–Crippen LogP) is -0.966. The zero-order valence-corrected chi connectivity index (χ0v) is 17.0. The van der Waals surface area contributed by atoms with Gasteiger partial charge in [0.25, 0.3) is 11.1 Å². The number of nitrogens with zero attached hydrogens (tertiary/aromatic N) is 7. The molecular weight excluding hydrogens is 406 g/mol. The predicted molar refractivity (Wildman–Crippen MR) is 113 cm³/mol. The van der Waals surface area contributed by atoms with Crippen LogP contribution in [0.3, 0.4) is 0 Å². The molecule has 3 aromatic heterocycles. The topological polar surface area (TPSA) is 146 Å². The Hall–Kier alpha value is -4.35. The van der Waals surface area contributed by atoms with Gasteiger partial charge >= 0.3 is 11.4 Å². The average Bonchev–Trinajstić information content (AvgIpc) is 2.77. The average molecular weight is 423 g/mol. The Balaban J connectivity index is 1.89. The van der Waals surface area contributed by atoms with Crippen LogP contribution in [-0.2, 0) is 28.2 Å². The van der Waals surface area contributed by atoms with Crippen LogP contribution in [0.5, 0.6) is 5.88 Å². The van der Waals surface area contributed by atoms with Gasteiger partial charge in [-0.3, -0.25) is 32.8 Å². The first-order valence-corrected chi connectivity index (χ1v) is 9.02. The summed E-state index contributed by atoms with van der Waals surface area (Å²) >= 11 is 0. The third-order valence-electron chi connectivity index (χ3n) is 5.04. The van der Waals surface area contributed by atoms with Crippen molar-refractivity contribution in [3.05, 3.63) is 65.4 Å². The number of hydrogen-bond acceptors (Lipinski definition) is 8. The number of aliphatic imine (C=N–C) groups is 1. The van der Waals surface area contributed by atoms with Crippen molar-refractivity contribution < 1.29 is 5.11 Å². The van der Waals surface area contributed by atoms with Gasteiger partial charge in [0.2, 0.25) is 5.88 Å². The maximum atomic E-state index is 12.4. The van der Waals surface area contributed by atoms with Gasteiger partial charge in [-0.2, -0.15) is 0 Å². The SMILES string of the molecule is Cn1c(O)c(C=Nc2ccc3nc4c(=O)n(C)c(=O)n(C)c4nc3c2)c(=O)n(C)c1=O. The monoisotopic (exact) mass is 423 g/mol. The zero-order chi connectivity index (χ0) is 22.6. The zero-order valence-electron chi connectivity index (χ0n) is 17.0. The van der Waals surface area contributed by atoms with E-state index in [4.69, 9.17) is 0 Å². The van der Waals surface area contributed by atoms with Crippen LogP contribution in [0.25, 0.3) is 22.2 Å². The van der Waals surface area contributed by atoms with Gasteiger partial charge in [-0.1, -0.05) is 0 Å². The molecule has 12 heteroatoms. The molecule has 0 bridgehead atoms. The second kappa shape index (κ2) is 6.86. The van der Waals surface area contributed by atoms with Gasteiger partial charge in [0.15, 0.2) is 11.2 Å². The van der Waals surface area contributed by atoms with Crippen LogP contribution in [0.15, 0.2) is 42.4 Å². The van der Waals surface area contributed by atoms with Crippen molar-refractivity contribution in [1.29, 1.82) is 0 Å². The summed E-state index contributed by atoms with van der Waals surface area (Å²) in [6, 6.07) is 4.75. The van der Waals surface area contributed by atoms with Crippen LogP contribution in [0, 0.1) is 0 Å². The molecule has 0 aliphatic heterocycles. The van der Waals surface area contributed by atoms with Crippen molar-refractivity contribution in [2.75, 3.05) is 0 Å². The minimum atomic E-state index is -0.693. The maximum absolute atomic E-state index is 12.4. The molecule has 0 saturated carbocycles. The standard InChI is InChI=1S/C19H17N7O5/c1-23-14-13(17(29)26(4)18(23)30)21-11-6-5-9(7-12(11)22-14)20-8-10-15(27)24(2)19(31)25(3)16(10)28/h5-8,27H,1-4H3. The molecule has 0 saturated heterocycles. The quantitative estimate of drug-likeness (QED) is 0.322. The number of rotatable bonds is 2. The van der Waals surface area contributed by atoms with Crippen LogP contribution in [0.2, 0.25) is 0 Å². The molecular formula is C19H17N7O5. The van der Waals surface area contributed by atoms with Crippen molar-refractivity contribution in [2.24, 2.45) is 33.2 Å². The second-order valence-electron chi connectivity index (χ2n) is 6.98. The van der Waals surface area contributed by atoms with Crippen LogP contribution in [0.1, 0.15) is 5.56 Å². The molecule has 4 rings (SSSR count). The highest BCUT2D eigenvalue weighted by Crippen LogP contribution is 2.20. The number of benzene rings is 1. The highest BCUT2D eigenvalue weighted by molar-refractivity contribution is 5.88. The highest BCUT2D eigenvalue weighted by Gasteiger charge is 2.14. The molecule has 0 aliphatic rings. The van der Waals surface area contributed by atoms with Crippen LogP contribution >= 0.6 is 0 Å². The van der Waals surface area contributed by atoms with Gasteiger partial charge in [-0.25, -0.2) is 19.6 Å². The number of aromatic nitrogens is 6. The van der Waals surface area contributed by atoms with E-state index in [1.54, 1.807) is 18.2 Å². The molecule has 158 valence electrons. The Morgan fingerprint density at radius 3 is 2.19 bits per heavy atom. The van der Waals surface area contributed by atoms with Crippen molar-refractivity contribution in [3.63, 3.8) is 0 Å². The summed E-state index contributed by atoms with van der Waals surface area (Å²) in [5, 5.41) is 10.1. The largest absolute Gasteiger partial charge is 0.494 e. The normalized spacial score (nSPS) is 11.7. The first-order valence-electron chi connectivity index (χ1n) is 9.02. The number of fused-ring (bicyclic) bond motifs is 2. The Morgan fingerprint density at radius 1 is 0.839 bits per heavy atom. The lowest BCUT2D eigenvalue weighted by atomic mass is 10.2. The molecule has 0 atom stereocenters.